The number of hydrogen-bond donors (Lipinski definition) is 1. The number of rotatable bonds is 5. The van der Waals surface area contributed by atoms with Gasteiger partial charge in [0.15, 0.2) is 0 Å². The van der Waals surface area contributed by atoms with Crippen molar-refractivity contribution in [3.63, 3.8) is 0 Å². The van der Waals surface area contributed by atoms with Crippen LogP contribution in [0.3, 0.4) is 0 Å². The maximum Gasteiger partial charge on any atom is 0.236 e. The SMILES string of the molecule is CNCC(=O)N(C)CCSC. The lowest BCUT2D eigenvalue weighted by Crippen LogP contribution is -2.35. The molecule has 66 valence electrons. The van der Waals surface area contributed by atoms with Crippen LogP contribution in [0.4, 0.5) is 0 Å². The number of carbonyl (C=O) groups is 1. The van der Waals surface area contributed by atoms with E-state index in [-0.39, 0.29) is 5.91 Å². The summed E-state index contributed by atoms with van der Waals surface area (Å²) in [5.74, 6) is 1.16. The van der Waals surface area contributed by atoms with E-state index >= 15 is 0 Å². The van der Waals surface area contributed by atoms with E-state index in [0.29, 0.717) is 6.54 Å². The van der Waals surface area contributed by atoms with Gasteiger partial charge in [-0.2, -0.15) is 11.8 Å². The first-order chi connectivity index (χ1) is 5.22. The minimum Gasteiger partial charge on any atom is -0.344 e. The highest BCUT2D eigenvalue weighted by molar-refractivity contribution is 7.98. The maximum atomic E-state index is 11.1. The maximum absolute atomic E-state index is 11.1. The van der Waals surface area contributed by atoms with Gasteiger partial charge in [0, 0.05) is 19.3 Å². The second-order valence-corrected chi connectivity index (χ2v) is 3.32. The zero-order valence-corrected chi connectivity index (χ0v) is 8.20. The van der Waals surface area contributed by atoms with Gasteiger partial charge in [0.2, 0.25) is 5.91 Å². The molecule has 4 heteroatoms. The summed E-state index contributed by atoms with van der Waals surface area (Å²) in [5.41, 5.74) is 0. The zero-order valence-electron chi connectivity index (χ0n) is 7.39. The second-order valence-electron chi connectivity index (χ2n) is 2.34. The molecule has 0 atom stereocenters. The monoisotopic (exact) mass is 176 g/mol. The zero-order chi connectivity index (χ0) is 8.69. The van der Waals surface area contributed by atoms with Gasteiger partial charge < -0.3 is 10.2 Å². The Balaban J connectivity index is 3.46. The smallest absolute Gasteiger partial charge is 0.236 e. The molecule has 0 radical (unpaired) electrons. The van der Waals surface area contributed by atoms with E-state index < -0.39 is 0 Å². The first-order valence-corrected chi connectivity index (χ1v) is 4.99. The van der Waals surface area contributed by atoms with E-state index in [1.165, 1.54) is 0 Å². The number of hydrogen-bond acceptors (Lipinski definition) is 3. The quantitative estimate of drug-likeness (QED) is 0.641. The minimum absolute atomic E-state index is 0.154. The summed E-state index contributed by atoms with van der Waals surface area (Å²) < 4.78 is 0. The van der Waals surface area contributed by atoms with Gasteiger partial charge in [-0.25, -0.2) is 0 Å². The number of nitrogens with one attached hydrogen (secondary N) is 1. The van der Waals surface area contributed by atoms with Crippen molar-refractivity contribution in [3.8, 4) is 0 Å². The normalized spacial score (nSPS) is 9.73. The van der Waals surface area contributed by atoms with Crippen LogP contribution in [0.25, 0.3) is 0 Å². The van der Waals surface area contributed by atoms with Crippen molar-refractivity contribution in [2.45, 2.75) is 0 Å². The number of carbonyl (C=O) groups excluding carboxylic acids is 1. The van der Waals surface area contributed by atoms with Crippen molar-refractivity contribution in [1.82, 2.24) is 10.2 Å². The van der Waals surface area contributed by atoms with E-state index in [1.54, 1.807) is 23.7 Å². The molecule has 0 aliphatic rings. The number of thioether (sulfide) groups is 1. The highest BCUT2D eigenvalue weighted by atomic mass is 32.2. The molecule has 0 unspecified atom stereocenters. The summed E-state index contributed by atoms with van der Waals surface area (Å²) in [5, 5.41) is 2.83. The van der Waals surface area contributed by atoms with Gasteiger partial charge in [-0.1, -0.05) is 0 Å². The fourth-order valence-corrected chi connectivity index (χ4v) is 1.10. The molecule has 0 saturated heterocycles. The first-order valence-electron chi connectivity index (χ1n) is 3.60. The number of nitrogens with zero attached hydrogens (tertiary/aromatic N) is 1. The van der Waals surface area contributed by atoms with Crippen molar-refractivity contribution >= 4 is 17.7 Å². The number of amides is 1. The molecule has 1 N–H and O–H groups in total. The third-order valence-electron chi connectivity index (χ3n) is 1.38. The molecule has 0 fully saturated rings. The Morgan fingerprint density at radius 3 is 2.73 bits per heavy atom. The highest BCUT2D eigenvalue weighted by Crippen LogP contribution is 1.92. The molecule has 0 aliphatic carbocycles. The van der Waals surface area contributed by atoms with Gasteiger partial charge in [-0.15, -0.1) is 0 Å². The summed E-state index contributed by atoms with van der Waals surface area (Å²) in [6.45, 7) is 1.27. The summed E-state index contributed by atoms with van der Waals surface area (Å²) in [6, 6.07) is 0. The van der Waals surface area contributed by atoms with E-state index in [0.717, 1.165) is 12.3 Å². The molecule has 0 bridgehead atoms. The molecule has 0 aliphatic heterocycles. The molecule has 0 aromatic heterocycles. The van der Waals surface area contributed by atoms with Crippen LogP contribution in [0, 0.1) is 0 Å². The lowest BCUT2D eigenvalue weighted by atomic mass is 10.5. The topological polar surface area (TPSA) is 32.3 Å². The van der Waals surface area contributed by atoms with Crippen LogP contribution < -0.4 is 5.32 Å². The van der Waals surface area contributed by atoms with Crippen molar-refractivity contribution in [3.05, 3.63) is 0 Å². The fourth-order valence-electron chi connectivity index (χ4n) is 0.639. The van der Waals surface area contributed by atoms with Gasteiger partial charge in [-0.3, -0.25) is 4.79 Å². The Kier molecular flexibility index (Phi) is 6.36. The molecule has 11 heavy (non-hydrogen) atoms. The lowest BCUT2D eigenvalue weighted by Gasteiger charge is -2.15. The molecule has 0 saturated carbocycles. The van der Waals surface area contributed by atoms with Crippen molar-refractivity contribution in [2.75, 3.05) is 39.2 Å². The molecule has 0 aromatic rings. The van der Waals surface area contributed by atoms with Gasteiger partial charge >= 0.3 is 0 Å². The Morgan fingerprint density at radius 1 is 1.64 bits per heavy atom. The predicted octanol–water partition coefficient (Wildman–Crippen LogP) is 0.0272. The van der Waals surface area contributed by atoms with Crippen LogP contribution in [-0.4, -0.2) is 50.0 Å². The second kappa shape index (κ2) is 6.49. The summed E-state index contributed by atoms with van der Waals surface area (Å²) in [4.78, 5) is 12.8. The van der Waals surface area contributed by atoms with E-state index in [1.807, 2.05) is 13.3 Å². The summed E-state index contributed by atoms with van der Waals surface area (Å²) in [7, 11) is 3.61. The first kappa shape index (κ1) is 10.8. The van der Waals surface area contributed by atoms with Crippen molar-refractivity contribution in [2.24, 2.45) is 0 Å². The molecular formula is C7H16N2OS. The summed E-state index contributed by atoms with van der Waals surface area (Å²) in [6.07, 6.45) is 2.04. The van der Waals surface area contributed by atoms with E-state index in [2.05, 4.69) is 5.32 Å². The van der Waals surface area contributed by atoms with E-state index in [4.69, 9.17) is 0 Å². The Morgan fingerprint density at radius 2 is 2.27 bits per heavy atom. The van der Waals surface area contributed by atoms with Crippen LogP contribution in [0.2, 0.25) is 0 Å². The highest BCUT2D eigenvalue weighted by Gasteiger charge is 2.04. The molecule has 0 heterocycles. The van der Waals surface area contributed by atoms with Crippen LogP contribution in [0.5, 0.6) is 0 Å². The van der Waals surface area contributed by atoms with Crippen LogP contribution in [0.15, 0.2) is 0 Å². The third kappa shape index (κ3) is 5.09. The molecule has 0 spiro atoms. The minimum atomic E-state index is 0.154. The van der Waals surface area contributed by atoms with Gasteiger partial charge in [0.1, 0.15) is 0 Å². The predicted molar refractivity (Wildman–Crippen MR) is 49.9 cm³/mol. The van der Waals surface area contributed by atoms with Crippen molar-refractivity contribution in [1.29, 1.82) is 0 Å². The summed E-state index contributed by atoms with van der Waals surface area (Å²) >= 11 is 1.75. The Bertz CT molecular complexity index is 119. The van der Waals surface area contributed by atoms with Gasteiger partial charge in [-0.05, 0) is 13.3 Å². The Hall–Kier alpha value is -0.220. The molecule has 0 aromatic carbocycles. The van der Waals surface area contributed by atoms with Gasteiger partial charge in [0.25, 0.3) is 0 Å². The van der Waals surface area contributed by atoms with Gasteiger partial charge in [0.05, 0.1) is 6.54 Å². The molecular weight excluding hydrogens is 160 g/mol. The standard InChI is InChI=1S/C7H16N2OS/c1-8-6-7(10)9(2)4-5-11-3/h8H,4-6H2,1-3H3. The number of likely N-dealkylation sites (N-methyl/N-ethyl adjacent to an activating group) is 2. The average molecular weight is 176 g/mol. The fraction of sp³-hybridized carbons (Fsp3) is 0.857. The lowest BCUT2D eigenvalue weighted by molar-refractivity contribution is -0.128. The molecule has 1 amide bonds. The van der Waals surface area contributed by atoms with Crippen molar-refractivity contribution < 1.29 is 4.79 Å². The van der Waals surface area contributed by atoms with Crippen LogP contribution in [0.1, 0.15) is 0 Å². The third-order valence-corrected chi connectivity index (χ3v) is 1.98. The van der Waals surface area contributed by atoms with Crippen LogP contribution >= 0.6 is 11.8 Å². The van der Waals surface area contributed by atoms with E-state index in [9.17, 15) is 4.79 Å². The largest absolute Gasteiger partial charge is 0.344 e. The average Bonchev–Trinajstić information content (AvgIpc) is 2.00. The van der Waals surface area contributed by atoms with Crippen LogP contribution in [-0.2, 0) is 4.79 Å². The molecule has 3 nitrogen and oxygen atoms in total. The Labute approximate surface area is 72.5 Å². The molecule has 0 rings (SSSR count).